The molecule has 2 aliphatic rings. The summed E-state index contributed by atoms with van der Waals surface area (Å²) in [6.45, 7) is 0.101. The summed E-state index contributed by atoms with van der Waals surface area (Å²) in [5, 5.41) is 24.7. The molecule has 0 unspecified atom stereocenters. The lowest BCUT2D eigenvalue weighted by molar-refractivity contribution is -0.149. The third kappa shape index (κ3) is 7.05. The Hall–Kier alpha value is -3.55. The average Bonchev–Trinajstić information content (AvgIpc) is 3.57. The van der Waals surface area contributed by atoms with Crippen LogP contribution in [0.25, 0.3) is 0 Å². The molecule has 0 spiro atoms. The lowest BCUT2D eigenvalue weighted by Gasteiger charge is -2.23. The van der Waals surface area contributed by atoms with Gasteiger partial charge in [0, 0.05) is 64.1 Å². The van der Waals surface area contributed by atoms with Gasteiger partial charge in [0.25, 0.3) is 5.91 Å². The molecule has 13 nitrogen and oxygen atoms in total. The van der Waals surface area contributed by atoms with E-state index < -0.39 is 47.9 Å². The van der Waals surface area contributed by atoms with E-state index in [4.69, 9.17) is 0 Å². The fraction of sp³-hybridized carbons (Fsp3) is 0.583. The Labute approximate surface area is 223 Å². The second-order valence-electron chi connectivity index (χ2n) is 9.50. The lowest BCUT2D eigenvalue weighted by atomic mass is 10.1. The maximum Gasteiger partial charge on any atom is 0.326 e. The molecule has 208 valence electrons. The van der Waals surface area contributed by atoms with Crippen molar-refractivity contribution in [3.8, 4) is 0 Å². The van der Waals surface area contributed by atoms with E-state index in [0.717, 1.165) is 0 Å². The standard InChI is InChI=1S/C24H33N5O8S/c1-27-8-4-5-16(27)22(33)26-15-10-18(24(36)37)29(12-15)21(32)7-3-6-20(31)28-11-14(9-17(28)23(34)35)25-19(30)13-38-2/h4-5,8,14-15,17-18H,3,6-7,9-13H2,1-2H3,(H,25,30)(H,26,33)(H,34,35)(H,36,37)/t14-,15-,17-,18-/m0/s1. The molecular weight excluding hydrogens is 518 g/mol. The van der Waals surface area contributed by atoms with Gasteiger partial charge < -0.3 is 35.2 Å². The molecule has 0 saturated carbocycles. The quantitative estimate of drug-likeness (QED) is 0.282. The van der Waals surface area contributed by atoms with Crippen LogP contribution >= 0.6 is 11.8 Å². The molecule has 38 heavy (non-hydrogen) atoms. The fourth-order valence-corrected chi connectivity index (χ4v) is 5.28. The highest BCUT2D eigenvalue weighted by Crippen LogP contribution is 2.23. The molecule has 4 atom stereocenters. The van der Waals surface area contributed by atoms with E-state index in [2.05, 4.69) is 10.6 Å². The highest BCUT2D eigenvalue weighted by molar-refractivity contribution is 7.99. The highest BCUT2D eigenvalue weighted by Gasteiger charge is 2.41. The molecule has 2 fully saturated rings. The van der Waals surface area contributed by atoms with E-state index in [0.29, 0.717) is 5.69 Å². The topological polar surface area (TPSA) is 178 Å². The third-order valence-electron chi connectivity index (χ3n) is 6.75. The first-order valence-electron chi connectivity index (χ1n) is 12.3. The van der Waals surface area contributed by atoms with Crippen LogP contribution < -0.4 is 10.6 Å². The summed E-state index contributed by atoms with van der Waals surface area (Å²) in [5.41, 5.74) is 0.410. The van der Waals surface area contributed by atoms with Crippen LogP contribution in [0, 0.1) is 0 Å². The molecule has 4 amide bonds. The Kier molecular flexibility index (Phi) is 9.78. The summed E-state index contributed by atoms with van der Waals surface area (Å²) in [6, 6.07) is 0.171. The van der Waals surface area contributed by atoms with Crippen molar-refractivity contribution in [3.63, 3.8) is 0 Å². The molecule has 2 aliphatic heterocycles. The van der Waals surface area contributed by atoms with E-state index in [1.165, 1.54) is 21.6 Å². The minimum absolute atomic E-state index is 0.0323. The normalized spacial score (nSPS) is 22.8. The van der Waals surface area contributed by atoms with Crippen LogP contribution in [0.2, 0.25) is 0 Å². The fourth-order valence-electron chi connectivity index (χ4n) is 4.94. The van der Waals surface area contributed by atoms with Crippen molar-refractivity contribution in [3.05, 3.63) is 24.0 Å². The molecular formula is C24H33N5O8S. The molecule has 0 aliphatic carbocycles. The van der Waals surface area contributed by atoms with Gasteiger partial charge >= 0.3 is 11.9 Å². The minimum atomic E-state index is -1.18. The maximum atomic E-state index is 12.9. The van der Waals surface area contributed by atoms with Gasteiger partial charge in [0.1, 0.15) is 17.8 Å². The van der Waals surface area contributed by atoms with Crippen LogP contribution in [-0.2, 0) is 31.0 Å². The molecule has 4 N–H and O–H groups in total. The number of rotatable bonds is 11. The number of carbonyl (C=O) groups excluding carboxylic acids is 4. The first kappa shape index (κ1) is 29.0. The summed E-state index contributed by atoms with van der Waals surface area (Å²) in [4.78, 5) is 75.9. The van der Waals surface area contributed by atoms with Crippen LogP contribution in [0.15, 0.2) is 18.3 Å². The van der Waals surface area contributed by atoms with Crippen molar-refractivity contribution in [2.24, 2.45) is 7.05 Å². The molecule has 1 aromatic heterocycles. The van der Waals surface area contributed by atoms with Gasteiger partial charge in [-0.05, 0) is 24.8 Å². The van der Waals surface area contributed by atoms with Gasteiger partial charge in [0.2, 0.25) is 17.7 Å². The maximum absolute atomic E-state index is 12.9. The molecule has 2 saturated heterocycles. The predicted molar refractivity (Wildman–Crippen MR) is 136 cm³/mol. The number of likely N-dealkylation sites (tertiary alicyclic amines) is 2. The van der Waals surface area contributed by atoms with Crippen LogP contribution in [0.1, 0.15) is 42.6 Å². The van der Waals surface area contributed by atoms with Crippen molar-refractivity contribution < 1.29 is 39.0 Å². The Morgan fingerprint density at radius 2 is 1.45 bits per heavy atom. The molecule has 14 heteroatoms. The van der Waals surface area contributed by atoms with Crippen LogP contribution in [0.5, 0.6) is 0 Å². The summed E-state index contributed by atoms with van der Waals surface area (Å²) >= 11 is 1.33. The molecule has 0 aromatic carbocycles. The van der Waals surface area contributed by atoms with Gasteiger partial charge in [-0.2, -0.15) is 11.8 Å². The van der Waals surface area contributed by atoms with Gasteiger partial charge in [-0.15, -0.1) is 0 Å². The zero-order valence-electron chi connectivity index (χ0n) is 21.3. The van der Waals surface area contributed by atoms with Crippen molar-refractivity contribution in [2.45, 2.75) is 56.3 Å². The summed E-state index contributed by atoms with van der Waals surface area (Å²) < 4.78 is 1.63. The molecule has 3 heterocycles. The van der Waals surface area contributed by atoms with Gasteiger partial charge in [-0.25, -0.2) is 9.59 Å². The average molecular weight is 552 g/mol. The van der Waals surface area contributed by atoms with Crippen LogP contribution in [0.3, 0.4) is 0 Å². The minimum Gasteiger partial charge on any atom is -0.480 e. The SMILES string of the molecule is CSCC(=O)N[C@H]1C[C@@H](C(=O)O)N(C(=O)CCCC(=O)N2C[C@@H](NC(=O)c3cccn3C)C[C@H]2C(=O)O)C1. The van der Waals surface area contributed by atoms with Crippen LogP contribution in [0.4, 0.5) is 0 Å². The van der Waals surface area contributed by atoms with Crippen molar-refractivity contribution in [1.29, 1.82) is 0 Å². The Balaban J connectivity index is 1.52. The van der Waals surface area contributed by atoms with Gasteiger partial charge in [0.15, 0.2) is 0 Å². The summed E-state index contributed by atoms with van der Waals surface area (Å²) in [6.07, 6.45) is 3.55. The Bertz CT molecular complexity index is 1090. The molecule has 0 radical (unpaired) electrons. The number of hydrogen-bond acceptors (Lipinski definition) is 7. The third-order valence-corrected chi connectivity index (χ3v) is 7.30. The summed E-state index contributed by atoms with van der Waals surface area (Å²) in [7, 11) is 1.71. The molecule has 3 rings (SSSR count). The number of carboxylic acids is 2. The number of thioether (sulfide) groups is 1. The second-order valence-corrected chi connectivity index (χ2v) is 10.4. The monoisotopic (exact) mass is 551 g/mol. The number of aromatic nitrogens is 1. The number of aryl methyl sites for hydroxylation is 1. The highest BCUT2D eigenvalue weighted by atomic mass is 32.2. The van der Waals surface area contributed by atoms with E-state index in [1.807, 2.05) is 0 Å². The second kappa shape index (κ2) is 12.8. The Morgan fingerprint density at radius 1 is 0.921 bits per heavy atom. The number of aliphatic carboxylic acids is 2. The smallest absolute Gasteiger partial charge is 0.326 e. The van der Waals surface area contributed by atoms with E-state index in [-0.39, 0.29) is 62.8 Å². The lowest BCUT2D eigenvalue weighted by Crippen LogP contribution is -2.42. The van der Waals surface area contributed by atoms with E-state index in [1.54, 1.807) is 36.2 Å². The van der Waals surface area contributed by atoms with Crippen molar-refractivity contribution in [2.75, 3.05) is 25.1 Å². The number of hydrogen-bond donors (Lipinski definition) is 4. The van der Waals surface area contributed by atoms with Crippen molar-refractivity contribution in [1.82, 2.24) is 25.0 Å². The summed E-state index contributed by atoms with van der Waals surface area (Å²) in [5.74, 6) is -3.62. The largest absolute Gasteiger partial charge is 0.480 e. The van der Waals surface area contributed by atoms with Gasteiger partial charge in [0.05, 0.1) is 5.75 Å². The van der Waals surface area contributed by atoms with Gasteiger partial charge in [-0.1, -0.05) is 0 Å². The first-order valence-corrected chi connectivity index (χ1v) is 13.7. The van der Waals surface area contributed by atoms with E-state index in [9.17, 15) is 39.0 Å². The van der Waals surface area contributed by atoms with E-state index >= 15 is 0 Å². The zero-order chi connectivity index (χ0) is 28.0. The number of amides is 4. The molecule has 1 aromatic rings. The first-order chi connectivity index (χ1) is 18.0. The van der Waals surface area contributed by atoms with Gasteiger partial charge in [-0.3, -0.25) is 19.2 Å². The zero-order valence-corrected chi connectivity index (χ0v) is 22.1. The predicted octanol–water partition coefficient (Wildman–Crippen LogP) is -0.487. The molecule has 0 bridgehead atoms. The number of nitrogens with one attached hydrogen (secondary N) is 2. The number of carboxylic acid groups (broad SMARTS) is 2. The van der Waals surface area contributed by atoms with Crippen LogP contribution in [-0.4, -0.2) is 109 Å². The number of carbonyl (C=O) groups is 6. The number of nitrogens with zero attached hydrogens (tertiary/aromatic N) is 3. The Morgan fingerprint density at radius 3 is 1.89 bits per heavy atom. The van der Waals surface area contributed by atoms with Crippen molar-refractivity contribution >= 4 is 47.3 Å².